The van der Waals surface area contributed by atoms with E-state index in [1.165, 1.54) is 4.90 Å². The Bertz CT molecular complexity index is 482. The molecule has 1 aromatic heterocycles. The largest absolute Gasteiger partial charge is 0.468 e. The molecule has 0 spiro atoms. The molecule has 0 aliphatic rings. The summed E-state index contributed by atoms with van der Waals surface area (Å²) in [6.07, 6.45) is 1.69. The maximum Gasteiger partial charge on any atom is 0.113 e. The van der Waals surface area contributed by atoms with Gasteiger partial charge in [0.25, 0.3) is 0 Å². The van der Waals surface area contributed by atoms with Gasteiger partial charge in [-0.3, -0.25) is 0 Å². The van der Waals surface area contributed by atoms with Gasteiger partial charge in [0.2, 0.25) is 0 Å². The summed E-state index contributed by atoms with van der Waals surface area (Å²) in [5.41, 5.74) is 7.74. The molecule has 1 aromatic carbocycles. The van der Waals surface area contributed by atoms with Crippen molar-refractivity contribution >= 4 is 33.4 Å². The third kappa shape index (κ3) is 2.62. The van der Waals surface area contributed by atoms with Crippen LogP contribution < -0.4 is 5.73 Å². The third-order valence-corrected chi connectivity index (χ3v) is 4.27. The lowest BCUT2D eigenvalue weighted by Gasteiger charge is -2.07. The molecule has 0 atom stereocenters. The van der Waals surface area contributed by atoms with Crippen molar-refractivity contribution in [2.75, 3.05) is 5.73 Å². The molecule has 1 heterocycles. The number of halogens is 1. The van der Waals surface area contributed by atoms with E-state index in [1.807, 2.05) is 25.1 Å². The topological polar surface area (TPSA) is 39.2 Å². The predicted octanol–water partition coefficient (Wildman–Crippen LogP) is 4.23. The zero-order valence-electron chi connectivity index (χ0n) is 8.87. The van der Waals surface area contributed by atoms with Crippen molar-refractivity contribution in [3.05, 3.63) is 46.3 Å². The van der Waals surface area contributed by atoms with E-state index in [-0.39, 0.29) is 0 Å². The summed E-state index contributed by atoms with van der Waals surface area (Å²) < 4.78 is 6.32. The Morgan fingerprint density at radius 2 is 2.25 bits per heavy atom. The van der Waals surface area contributed by atoms with Gasteiger partial charge in [-0.15, -0.1) is 11.8 Å². The van der Waals surface area contributed by atoms with Crippen LogP contribution >= 0.6 is 27.7 Å². The molecule has 4 heteroatoms. The number of nitrogen functional groups attached to an aromatic ring is 1. The van der Waals surface area contributed by atoms with Crippen molar-refractivity contribution in [3.8, 4) is 0 Å². The second kappa shape index (κ2) is 4.97. The molecule has 2 rings (SSSR count). The van der Waals surface area contributed by atoms with Crippen LogP contribution in [0.1, 0.15) is 11.3 Å². The number of rotatable bonds is 3. The highest BCUT2D eigenvalue weighted by Crippen LogP contribution is 2.33. The molecule has 0 amide bonds. The van der Waals surface area contributed by atoms with Gasteiger partial charge in [-0.05, 0) is 52.7 Å². The molecule has 2 aromatic rings. The SMILES string of the molecule is Cc1cc(SCc2ccco2)c(Br)cc1N. The van der Waals surface area contributed by atoms with Crippen LogP contribution in [-0.2, 0) is 5.75 Å². The molecule has 2 nitrogen and oxygen atoms in total. The molecule has 84 valence electrons. The smallest absolute Gasteiger partial charge is 0.113 e. The number of anilines is 1. The van der Waals surface area contributed by atoms with Crippen LogP contribution in [0, 0.1) is 6.92 Å². The molecular weight excluding hydrogens is 286 g/mol. The van der Waals surface area contributed by atoms with E-state index < -0.39 is 0 Å². The van der Waals surface area contributed by atoms with Crippen molar-refractivity contribution in [1.29, 1.82) is 0 Å². The highest BCUT2D eigenvalue weighted by atomic mass is 79.9. The van der Waals surface area contributed by atoms with E-state index in [0.717, 1.165) is 27.2 Å². The van der Waals surface area contributed by atoms with Gasteiger partial charge in [-0.1, -0.05) is 0 Å². The fraction of sp³-hybridized carbons (Fsp3) is 0.167. The first-order chi connectivity index (χ1) is 7.66. The second-order valence-corrected chi connectivity index (χ2v) is 5.38. The summed E-state index contributed by atoms with van der Waals surface area (Å²) >= 11 is 5.25. The van der Waals surface area contributed by atoms with E-state index >= 15 is 0 Å². The Hall–Kier alpha value is -0.870. The molecule has 0 bridgehead atoms. The molecule has 0 aliphatic heterocycles. The lowest BCUT2D eigenvalue weighted by Crippen LogP contribution is -1.90. The van der Waals surface area contributed by atoms with Crippen molar-refractivity contribution in [3.63, 3.8) is 0 Å². The van der Waals surface area contributed by atoms with Gasteiger partial charge in [0.15, 0.2) is 0 Å². The minimum atomic E-state index is 0.814. The van der Waals surface area contributed by atoms with Gasteiger partial charge in [-0.25, -0.2) is 0 Å². The maximum atomic E-state index is 5.82. The van der Waals surface area contributed by atoms with Crippen molar-refractivity contribution in [1.82, 2.24) is 0 Å². The van der Waals surface area contributed by atoms with Gasteiger partial charge in [-0.2, -0.15) is 0 Å². The summed E-state index contributed by atoms with van der Waals surface area (Å²) in [4.78, 5) is 1.18. The van der Waals surface area contributed by atoms with Crippen molar-refractivity contribution < 1.29 is 4.42 Å². The van der Waals surface area contributed by atoms with Gasteiger partial charge >= 0.3 is 0 Å². The Morgan fingerprint density at radius 1 is 1.44 bits per heavy atom. The molecule has 2 N–H and O–H groups in total. The molecular formula is C12H12BrNOS. The van der Waals surface area contributed by atoms with E-state index in [4.69, 9.17) is 10.2 Å². The fourth-order valence-electron chi connectivity index (χ4n) is 1.32. The number of furan rings is 1. The van der Waals surface area contributed by atoms with Crippen LogP contribution in [-0.4, -0.2) is 0 Å². The minimum absolute atomic E-state index is 0.814. The minimum Gasteiger partial charge on any atom is -0.468 e. The standard InChI is InChI=1S/C12H12BrNOS/c1-8-5-12(10(13)6-11(8)14)16-7-9-3-2-4-15-9/h2-6H,7,14H2,1H3. The van der Waals surface area contributed by atoms with E-state index in [1.54, 1.807) is 18.0 Å². The van der Waals surface area contributed by atoms with Crippen LogP contribution in [0.4, 0.5) is 5.69 Å². The Kier molecular flexibility index (Phi) is 3.61. The molecule has 0 radical (unpaired) electrons. The fourth-order valence-corrected chi connectivity index (χ4v) is 2.95. The quantitative estimate of drug-likeness (QED) is 0.681. The molecule has 0 aliphatic carbocycles. The van der Waals surface area contributed by atoms with Crippen molar-refractivity contribution in [2.24, 2.45) is 0 Å². The average molecular weight is 298 g/mol. The number of hydrogen-bond donors (Lipinski definition) is 1. The van der Waals surface area contributed by atoms with Gasteiger partial charge in [0.05, 0.1) is 12.0 Å². The van der Waals surface area contributed by atoms with Crippen LogP contribution in [0.5, 0.6) is 0 Å². The van der Waals surface area contributed by atoms with Crippen LogP contribution in [0.25, 0.3) is 0 Å². The zero-order valence-corrected chi connectivity index (χ0v) is 11.3. The first-order valence-electron chi connectivity index (χ1n) is 4.87. The second-order valence-electron chi connectivity index (χ2n) is 3.51. The summed E-state index contributed by atoms with van der Waals surface area (Å²) in [6.45, 7) is 2.01. The lowest BCUT2D eigenvalue weighted by molar-refractivity contribution is 0.530. The number of hydrogen-bond acceptors (Lipinski definition) is 3. The molecule has 0 fully saturated rings. The molecule has 0 saturated heterocycles. The van der Waals surface area contributed by atoms with Crippen molar-refractivity contribution in [2.45, 2.75) is 17.6 Å². The van der Waals surface area contributed by atoms with Crippen LogP contribution in [0.3, 0.4) is 0 Å². The summed E-state index contributed by atoms with van der Waals surface area (Å²) in [5.74, 6) is 1.81. The monoisotopic (exact) mass is 297 g/mol. The highest BCUT2D eigenvalue weighted by molar-refractivity contribution is 9.10. The number of thioether (sulfide) groups is 1. The van der Waals surface area contributed by atoms with Crippen LogP contribution in [0.2, 0.25) is 0 Å². The van der Waals surface area contributed by atoms with Gasteiger partial charge in [0.1, 0.15) is 5.76 Å². The molecule has 16 heavy (non-hydrogen) atoms. The molecule has 0 saturated carbocycles. The van der Waals surface area contributed by atoms with E-state index in [2.05, 4.69) is 22.0 Å². The third-order valence-electron chi connectivity index (χ3n) is 2.27. The molecule has 0 unspecified atom stereocenters. The van der Waals surface area contributed by atoms with E-state index in [0.29, 0.717) is 0 Å². The number of nitrogens with two attached hydrogens (primary N) is 1. The highest BCUT2D eigenvalue weighted by Gasteiger charge is 2.05. The summed E-state index contributed by atoms with van der Waals surface area (Å²) in [6, 6.07) is 7.91. The summed E-state index contributed by atoms with van der Waals surface area (Å²) in [5, 5.41) is 0. The normalized spacial score (nSPS) is 10.6. The van der Waals surface area contributed by atoms with Gasteiger partial charge in [0, 0.05) is 15.1 Å². The van der Waals surface area contributed by atoms with Gasteiger partial charge < -0.3 is 10.2 Å². The average Bonchev–Trinajstić information content (AvgIpc) is 2.74. The maximum absolute atomic E-state index is 5.82. The van der Waals surface area contributed by atoms with E-state index in [9.17, 15) is 0 Å². The lowest BCUT2D eigenvalue weighted by atomic mass is 10.2. The first-order valence-corrected chi connectivity index (χ1v) is 6.65. The van der Waals surface area contributed by atoms with Crippen LogP contribution in [0.15, 0.2) is 44.3 Å². The summed E-state index contributed by atoms with van der Waals surface area (Å²) in [7, 11) is 0. The Morgan fingerprint density at radius 3 is 2.94 bits per heavy atom. The predicted molar refractivity (Wildman–Crippen MR) is 71.6 cm³/mol. The Labute approximate surface area is 107 Å². The Balaban J connectivity index is 2.12. The zero-order chi connectivity index (χ0) is 11.5. The number of benzene rings is 1. The first kappa shape index (κ1) is 11.6. The number of aryl methyl sites for hydroxylation is 1.